The predicted octanol–water partition coefficient (Wildman–Crippen LogP) is 2.71. The Kier molecular flexibility index (Phi) is 6.01. The van der Waals surface area contributed by atoms with E-state index >= 15 is 0 Å². The molecule has 112 valence electrons. The Hall–Kier alpha value is -1.56. The highest BCUT2D eigenvalue weighted by Crippen LogP contribution is 2.28. The first-order chi connectivity index (χ1) is 9.29. The van der Waals surface area contributed by atoms with Gasteiger partial charge in [0.1, 0.15) is 0 Å². The maximum Gasteiger partial charge on any atom is 0.416 e. The van der Waals surface area contributed by atoms with Crippen molar-refractivity contribution in [2.75, 3.05) is 6.54 Å². The highest BCUT2D eigenvalue weighted by molar-refractivity contribution is 5.76. The lowest BCUT2D eigenvalue weighted by molar-refractivity contribution is -0.137. The summed E-state index contributed by atoms with van der Waals surface area (Å²) in [6.45, 7) is 4.69. The van der Waals surface area contributed by atoms with Crippen LogP contribution in [0.3, 0.4) is 0 Å². The first-order valence-electron chi connectivity index (χ1n) is 6.45. The van der Waals surface area contributed by atoms with E-state index in [1.54, 1.807) is 0 Å². The van der Waals surface area contributed by atoms with E-state index in [2.05, 4.69) is 10.6 Å². The molecule has 1 rings (SSSR count). The van der Waals surface area contributed by atoms with Gasteiger partial charge in [-0.15, -0.1) is 0 Å². The zero-order chi connectivity index (χ0) is 15.2. The third-order valence-corrected chi connectivity index (χ3v) is 2.59. The topological polar surface area (TPSA) is 41.1 Å². The van der Waals surface area contributed by atoms with Crippen molar-refractivity contribution in [1.29, 1.82) is 0 Å². The zero-order valence-electron chi connectivity index (χ0n) is 11.6. The second-order valence-corrected chi connectivity index (χ2v) is 4.84. The molecule has 0 bridgehead atoms. The Morgan fingerprint density at radius 2 is 1.80 bits per heavy atom. The Labute approximate surface area is 116 Å². The lowest BCUT2D eigenvalue weighted by Gasteiger charge is -2.10. The van der Waals surface area contributed by atoms with Gasteiger partial charge in [0.25, 0.3) is 0 Å². The molecule has 1 amide bonds. The summed E-state index contributed by atoms with van der Waals surface area (Å²) in [6, 6.07) is 5.09. The minimum atomic E-state index is -4.30. The molecule has 3 nitrogen and oxygen atoms in total. The molecule has 0 aliphatic carbocycles. The molecule has 0 aromatic heterocycles. The highest BCUT2D eigenvalue weighted by Gasteiger charge is 2.29. The van der Waals surface area contributed by atoms with Gasteiger partial charge < -0.3 is 10.6 Å². The quantitative estimate of drug-likeness (QED) is 0.790. The summed E-state index contributed by atoms with van der Waals surface area (Å²) in [6.07, 6.45) is -3.96. The Bertz CT molecular complexity index is 427. The summed E-state index contributed by atoms with van der Waals surface area (Å²) in [5, 5.41) is 5.78. The highest BCUT2D eigenvalue weighted by atomic mass is 19.4. The number of halogens is 3. The van der Waals surface area contributed by atoms with E-state index in [-0.39, 0.29) is 11.9 Å². The molecule has 2 N–H and O–H groups in total. The van der Waals surface area contributed by atoms with E-state index in [9.17, 15) is 18.0 Å². The number of alkyl halides is 3. The zero-order valence-corrected chi connectivity index (χ0v) is 11.6. The van der Waals surface area contributed by atoms with E-state index in [1.807, 2.05) is 13.8 Å². The fourth-order valence-corrected chi connectivity index (χ4v) is 1.64. The van der Waals surface area contributed by atoms with Crippen LogP contribution in [0.2, 0.25) is 0 Å². The maximum absolute atomic E-state index is 12.4. The van der Waals surface area contributed by atoms with Crippen LogP contribution in [0, 0.1) is 0 Å². The summed E-state index contributed by atoms with van der Waals surface area (Å²) in [5.41, 5.74) is 0.0971. The van der Waals surface area contributed by atoms with Crippen molar-refractivity contribution in [3.63, 3.8) is 0 Å². The van der Waals surface area contributed by atoms with Gasteiger partial charge in [0, 0.05) is 25.6 Å². The summed E-state index contributed by atoms with van der Waals surface area (Å²) in [7, 11) is 0. The number of rotatable bonds is 6. The monoisotopic (exact) mass is 288 g/mol. The number of hydrogen-bond donors (Lipinski definition) is 2. The normalized spacial score (nSPS) is 11.7. The molecular weight excluding hydrogens is 269 g/mol. The minimum absolute atomic E-state index is 0.0417. The van der Waals surface area contributed by atoms with E-state index in [0.29, 0.717) is 19.5 Å². The van der Waals surface area contributed by atoms with Crippen LogP contribution in [-0.4, -0.2) is 18.5 Å². The third-order valence-electron chi connectivity index (χ3n) is 2.59. The second-order valence-electron chi connectivity index (χ2n) is 4.84. The van der Waals surface area contributed by atoms with Crippen molar-refractivity contribution in [2.45, 2.75) is 39.0 Å². The maximum atomic E-state index is 12.4. The van der Waals surface area contributed by atoms with E-state index in [4.69, 9.17) is 0 Å². The van der Waals surface area contributed by atoms with E-state index in [1.165, 1.54) is 12.1 Å². The van der Waals surface area contributed by atoms with Crippen LogP contribution in [0.5, 0.6) is 0 Å². The molecule has 20 heavy (non-hydrogen) atoms. The molecule has 1 aromatic carbocycles. The molecule has 0 aliphatic rings. The van der Waals surface area contributed by atoms with Crippen molar-refractivity contribution in [2.24, 2.45) is 0 Å². The smallest absolute Gasteiger partial charge is 0.354 e. The van der Waals surface area contributed by atoms with Gasteiger partial charge in [-0.2, -0.15) is 13.2 Å². The second kappa shape index (κ2) is 7.28. The van der Waals surface area contributed by atoms with Gasteiger partial charge in [0.05, 0.1) is 5.56 Å². The van der Waals surface area contributed by atoms with Crippen molar-refractivity contribution < 1.29 is 18.0 Å². The Balaban J connectivity index is 2.31. The molecule has 0 atom stereocenters. The summed E-state index contributed by atoms with van der Waals surface area (Å²) < 4.78 is 37.1. The van der Waals surface area contributed by atoms with Gasteiger partial charge in [-0.3, -0.25) is 4.79 Å². The number of carbonyl (C=O) groups excluding carboxylic acids is 1. The Morgan fingerprint density at radius 1 is 1.20 bits per heavy atom. The van der Waals surface area contributed by atoms with Crippen LogP contribution in [0.4, 0.5) is 13.2 Å². The van der Waals surface area contributed by atoms with Crippen LogP contribution in [0.15, 0.2) is 24.3 Å². The number of amides is 1. The molecule has 0 spiro atoms. The molecule has 0 saturated heterocycles. The molecule has 0 aliphatic heterocycles. The SMILES string of the molecule is CC(C)NC(=O)CCNCc1ccc(C(F)(F)F)cc1. The van der Waals surface area contributed by atoms with Gasteiger partial charge in [0.15, 0.2) is 0 Å². The van der Waals surface area contributed by atoms with Crippen molar-refractivity contribution in [3.8, 4) is 0 Å². The van der Waals surface area contributed by atoms with Crippen LogP contribution in [0.1, 0.15) is 31.4 Å². The van der Waals surface area contributed by atoms with Crippen LogP contribution in [0.25, 0.3) is 0 Å². The molecule has 0 saturated carbocycles. The molecular formula is C14H19F3N2O. The van der Waals surface area contributed by atoms with Gasteiger partial charge in [-0.1, -0.05) is 12.1 Å². The van der Waals surface area contributed by atoms with Crippen molar-refractivity contribution in [1.82, 2.24) is 10.6 Å². The summed E-state index contributed by atoms with van der Waals surface area (Å²) in [4.78, 5) is 11.3. The number of nitrogens with one attached hydrogen (secondary N) is 2. The van der Waals surface area contributed by atoms with Crippen LogP contribution >= 0.6 is 0 Å². The average molecular weight is 288 g/mol. The number of hydrogen-bond acceptors (Lipinski definition) is 2. The molecule has 0 unspecified atom stereocenters. The summed E-state index contributed by atoms with van der Waals surface area (Å²) >= 11 is 0. The molecule has 1 aromatic rings. The fraction of sp³-hybridized carbons (Fsp3) is 0.500. The standard InChI is InChI=1S/C14H19F3N2O/c1-10(2)19-13(20)7-8-18-9-11-3-5-12(6-4-11)14(15,16)17/h3-6,10,18H,7-9H2,1-2H3,(H,19,20). The fourth-order valence-electron chi connectivity index (χ4n) is 1.64. The largest absolute Gasteiger partial charge is 0.416 e. The molecule has 6 heteroatoms. The minimum Gasteiger partial charge on any atom is -0.354 e. The molecule has 0 radical (unpaired) electrons. The van der Waals surface area contributed by atoms with Gasteiger partial charge >= 0.3 is 6.18 Å². The van der Waals surface area contributed by atoms with Gasteiger partial charge in [-0.25, -0.2) is 0 Å². The lowest BCUT2D eigenvalue weighted by atomic mass is 10.1. The van der Waals surface area contributed by atoms with Crippen LogP contribution in [-0.2, 0) is 17.5 Å². The third kappa shape index (κ3) is 6.06. The molecule has 0 fully saturated rings. The first kappa shape index (κ1) is 16.5. The first-order valence-corrected chi connectivity index (χ1v) is 6.45. The lowest BCUT2D eigenvalue weighted by Crippen LogP contribution is -2.32. The Morgan fingerprint density at radius 3 is 2.30 bits per heavy atom. The van der Waals surface area contributed by atoms with Gasteiger partial charge in [-0.05, 0) is 31.5 Å². The summed E-state index contributed by atoms with van der Waals surface area (Å²) in [5.74, 6) is -0.0417. The number of benzene rings is 1. The molecule has 0 heterocycles. The van der Waals surface area contributed by atoms with Crippen LogP contribution < -0.4 is 10.6 Å². The van der Waals surface area contributed by atoms with Crippen molar-refractivity contribution in [3.05, 3.63) is 35.4 Å². The number of carbonyl (C=O) groups is 1. The van der Waals surface area contributed by atoms with E-state index in [0.717, 1.165) is 17.7 Å². The predicted molar refractivity (Wildman–Crippen MR) is 71.0 cm³/mol. The van der Waals surface area contributed by atoms with Crippen molar-refractivity contribution >= 4 is 5.91 Å². The average Bonchev–Trinajstić information content (AvgIpc) is 2.33. The van der Waals surface area contributed by atoms with E-state index < -0.39 is 11.7 Å². The van der Waals surface area contributed by atoms with Gasteiger partial charge in [0.2, 0.25) is 5.91 Å².